The summed E-state index contributed by atoms with van der Waals surface area (Å²) >= 11 is 0. The van der Waals surface area contributed by atoms with Crippen LogP contribution in [0.1, 0.15) is 29.9 Å². The quantitative estimate of drug-likeness (QED) is 0.750. The molecule has 0 amide bonds. The predicted octanol–water partition coefficient (Wildman–Crippen LogP) is 2.71. The molecule has 3 aromatic rings. The molecule has 1 fully saturated rings. The van der Waals surface area contributed by atoms with E-state index in [2.05, 4.69) is 15.5 Å². The van der Waals surface area contributed by atoms with Crippen LogP contribution in [0.15, 0.2) is 47.1 Å². The molecule has 4 heterocycles. The Morgan fingerprint density at radius 1 is 1.00 bits per heavy atom. The molecular weight excluding hydrogens is 356 g/mol. The number of ether oxygens (including phenoxy) is 2. The Labute approximate surface area is 163 Å². The first-order valence-corrected chi connectivity index (χ1v) is 9.66. The van der Waals surface area contributed by atoms with E-state index in [1.54, 1.807) is 0 Å². The SMILES string of the molecule is c1ccc(C2(c3noc(-c4cccc5c4CNCCO5)n3)CCOCC2)nc1. The van der Waals surface area contributed by atoms with E-state index in [0.717, 1.165) is 42.0 Å². The molecule has 0 atom stereocenters. The van der Waals surface area contributed by atoms with Gasteiger partial charge in [-0.2, -0.15) is 4.98 Å². The van der Waals surface area contributed by atoms with Crippen LogP contribution in [-0.2, 0) is 16.7 Å². The molecule has 1 aromatic carbocycles. The molecule has 0 aliphatic carbocycles. The number of nitrogens with one attached hydrogen (secondary N) is 1. The fraction of sp³-hybridized carbons (Fsp3) is 0.381. The third-order valence-corrected chi connectivity index (χ3v) is 5.56. The van der Waals surface area contributed by atoms with E-state index in [1.807, 2.05) is 42.6 Å². The van der Waals surface area contributed by atoms with Gasteiger partial charge in [0.15, 0.2) is 5.82 Å². The van der Waals surface area contributed by atoms with Gasteiger partial charge in [0.05, 0.1) is 11.1 Å². The molecule has 144 valence electrons. The molecule has 2 aromatic heterocycles. The van der Waals surface area contributed by atoms with Crippen LogP contribution in [0.25, 0.3) is 11.5 Å². The lowest BCUT2D eigenvalue weighted by atomic mass is 9.76. The highest BCUT2D eigenvalue weighted by molar-refractivity contribution is 5.63. The standard InChI is InChI=1S/C21H22N4O3/c1-2-9-23-18(6-1)21(7-11-26-12-8-21)20-24-19(28-25-20)15-4-3-5-17-16(15)14-22-10-13-27-17/h1-6,9,22H,7-8,10-14H2. The number of benzene rings is 1. The van der Waals surface area contributed by atoms with Crippen molar-refractivity contribution in [1.82, 2.24) is 20.4 Å². The topological polar surface area (TPSA) is 82.3 Å². The maximum Gasteiger partial charge on any atom is 0.258 e. The van der Waals surface area contributed by atoms with Crippen LogP contribution in [0.2, 0.25) is 0 Å². The van der Waals surface area contributed by atoms with Crippen molar-refractivity contribution in [2.75, 3.05) is 26.4 Å². The summed E-state index contributed by atoms with van der Waals surface area (Å²) in [5.74, 6) is 2.05. The lowest BCUT2D eigenvalue weighted by molar-refractivity contribution is 0.0584. The minimum Gasteiger partial charge on any atom is -0.492 e. The third kappa shape index (κ3) is 2.96. The number of rotatable bonds is 3. The summed E-state index contributed by atoms with van der Waals surface area (Å²) in [6.45, 7) is 3.47. The summed E-state index contributed by atoms with van der Waals surface area (Å²) in [4.78, 5) is 9.44. The summed E-state index contributed by atoms with van der Waals surface area (Å²) in [5, 5.41) is 7.77. The molecule has 0 unspecified atom stereocenters. The molecule has 7 heteroatoms. The van der Waals surface area contributed by atoms with E-state index >= 15 is 0 Å². The third-order valence-electron chi connectivity index (χ3n) is 5.56. The highest BCUT2D eigenvalue weighted by atomic mass is 16.5. The van der Waals surface area contributed by atoms with Crippen LogP contribution in [0.5, 0.6) is 5.75 Å². The van der Waals surface area contributed by atoms with E-state index in [0.29, 0.717) is 38.1 Å². The van der Waals surface area contributed by atoms with E-state index < -0.39 is 0 Å². The van der Waals surface area contributed by atoms with Gasteiger partial charge in [-0.3, -0.25) is 4.98 Å². The molecule has 0 saturated carbocycles. The van der Waals surface area contributed by atoms with Crippen LogP contribution in [0, 0.1) is 0 Å². The molecule has 0 bridgehead atoms. The van der Waals surface area contributed by atoms with Gasteiger partial charge in [0.2, 0.25) is 0 Å². The molecular formula is C21H22N4O3. The minimum absolute atomic E-state index is 0.387. The molecule has 5 rings (SSSR count). The summed E-state index contributed by atoms with van der Waals surface area (Å²) in [6, 6.07) is 11.9. The van der Waals surface area contributed by atoms with Gasteiger partial charge in [0, 0.05) is 43.6 Å². The van der Waals surface area contributed by atoms with E-state index in [1.165, 1.54) is 0 Å². The van der Waals surface area contributed by atoms with Crippen LogP contribution < -0.4 is 10.1 Å². The maximum atomic E-state index is 5.84. The Bertz CT molecular complexity index is 951. The summed E-state index contributed by atoms with van der Waals surface area (Å²) in [6.07, 6.45) is 3.37. The van der Waals surface area contributed by atoms with Crippen molar-refractivity contribution in [3.8, 4) is 17.2 Å². The first kappa shape index (κ1) is 17.3. The number of hydrogen-bond acceptors (Lipinski definition) is 7. The average molecular weight is 378 g/mol. The summed E-state index contributed by atoms with van der Waals surface area (Å²) < 4.78 is 17.2. The van der Waals surface area contributed by atoms with Crippen molar-refractivity contribution in [3.05, 3.63) is 59.7 Å². The smallest absolute Gasteiger partial charge is 0.258 e. The number of nitrogens with zero attached hydrogens (tertiary/aromatic N) is 3. The van der Waals surface area contributed by atoms with Crippen molar-refractivity contribution < 1.29 is 14.0 Å². The van der Waals surface area contributed by atoms with Crippen LogP contribution in [-0.4, -0.2) is 41.5 Å². The second-order valence-corrected chi connectivity index (χ2v) is 7.14. The number of aromatic nitrogens is 3. The van der Waals surface area contributed by atoms with Gasteiger partial charge in [-0.25, -0.2) is 0 Å². The van der Waals surface area contributed by atoms with Crippen molar-refractivity contribution in [3.63, 3.8) is 0 Å². The molecule has 2 aliphatic heterocycles. The highest BCUT2D eigenvalue weighted by Gasteiger charge is 2.42. The number of pyridine rings is 1. The zero-order valence-electron chi connectivity index (χ0n) is 15.6. The molecule has 2 aliphatic rings. The van der Waals surface area contributed by atoms with Gasteiger partial charge < -0.3 is 19.3 Å². The fourth-order valence-electron chi connectivity index (χ4n) is 4.02. The summed E-state index contributed by atoms with van der Waals surface area (Å²) in [5.41, 5.74) is 2.53. The number of fused-ring (bicyclic) bond motifs is 1. The normalized spacial score (nSPS) is 18.7. The minimum atomic E-state index is -0.387. The molecule has 0 spiro atoms. The Kier molecular flexibility index (Phi) is 4.54. The Hall–Kier alpha value is -2.77. The zero-order chi connectivity index (χ0) is 18.8. The summed E-state index contributed by atoms with van der Waals surface area (Å²) in [7, 11) is 0. The van der Waals surface area contributed by atoms with Crippen molar-refractivity contribution in [1.29, 1.82) is 0 Å². The second kappa shape index (κ2) is 7.33. The van der Waals surface area contributed by atoms with Gasteiger partial charge in [0.25, 0.3) is 5.89 Å². The molecule has 1 saturated heterocycles. The zero-order valence-corrected chi connectivity index (χ0v) is 15.6. The number of hydrogen-bond donors (Lipinski definition) is 1. The van der Waals surface area contributed by atoms with Crippen LogP contribution >= 0.6 is 0 Å². The lowest BCUT2D eigenvalue weighted by Gasteiger charge is -2.33. The van der Waals surface area contributed by atoms with Crippen molar-refractivity contribution >= 4 is 0 Å². The Balaban J connectivity index is 1.57. The van der Waals surface area contributed by atoms with Crippen molar-refractivity contribution in [2.45, 2.75) is 24.8 Å². The van der Waals surface area contributed by atoms with E-state index in [-0.39, 0.29) is 5.41 Å². The molecule has 1 N–H and O–H groups in total. The monoisotopic (exact) mass is 378 g/mol. The Morgan fingerprint density at radius 3 is 2.79 bits per heavy atom. The van der Waals surface area contributed by atoms with Gasteiger partial charge >= 0.3 is 0 Å². The first-order valence-electron chi connectivity index (χ1n) is 9.66. The Morgan fingerprint density at radius 2 is 1.93 bits per heavy atom. The van der Waals surface area contributed by atoms with Gasteiger partial charge in [0.1, 0.15) is 12.4 Å². The molecule has 0 radical (unpaired) electrons. The lowest BCUT2D eigenvalue weighted by Crippen LogP contribution is -2.36. The van der Waals surface area contributed by atoms with Gasteiger partial charge in [-0.15, -0.1) is 0 Å². The average Bonchev–Trinajstić information content (AvgIpc) is 3.13. The molecule has 28 heavy (non-hydrogen) atoms. The maximum absolute atomic E-state index is 5.84. The van der Waals surface area contributed by atoms with Gasteiger partial charge in [-0.05, 0) is 37.1 Å². The van der Waals surface area contributed by atoms with E-state index in [4.69, 9.17) is 19.0 Å². The van der Waals surface area contributed by atoms with Gasteiger partial charge in [-0.1, -0.05) is 17.3 Å². The predicted molar refractivity (Wildman–Crippen MR) is 102 cm³/mol. The molecule has 7 nitrogen and oxygen atoms in total. The second-order valence-electron chi connectivity index (χ2n) is 7.14. The first-order chi connectivity index (χ1) is 13.9. The highest BCUT2D eigenvalue weighted by Crippen LogP contribution is 2.40. The van der Waals surface area contributed by atoms with E-state index in [9.17, 15) is 0 Å². The van der Waals surface area contributed by atoms with Crippen LogP contribution in [0.3, 0.4) is 0 Å². The largest absolute Gasteiger partial charge is 0.492 e. The fourth-order valence-corrected chi connectivity index (χ4v) is 4.02. The van der Waals surface area contributed by atoms with Crippen molar-refractivity contribution in [2.24, 2.45) is 0 Å². The van der Waals surface area contributed by atoms with Crippen LogP contribution in [0.4, 0.5) is 0 Å².